The third kappa shape index (κ3) is 4.18. The summed E-state index contributed by atoms with van der Waals surface area (Å²) in [6.45, 7) is 4.04. The molecule has 27 heavy (non-hydrogen) atoms. The number of hydrogen-bond acceptors (Lipinski definition) is 4. The molecule has 5 nitrogen and oxygen atoms in total. The van der Waals surface area contributed by atoms with Crippen LogP contribution in [-0.2, 0) is 0 Å². The van der Waals surface area contributed by atoms with Gasteiger partial charge in [-0.3, -0.25) is 4.79 Å². The molecule has 2 aromatic carbocycles. The monoisotopic (exact) mass is 436 g/mol. The van der Waals surface area contributed by atoms with Crippen LogP contribution in [0, 0.1) is 5.82 Å². The number of amides is 1. The predicted octanol–water partition coefficient (Wildman–Crippen LogP) is 4.85. The molecule has 1 saturated heterocycles. The molecule has 0 aliphatic carbocycles. The minimum atomic E-state index is -0.454. The number of rotatable bonds is 6. The Morgan fingerprint density at radius 3 is 2.70 bits per heavy atom. The Balaban J connectivity index is 1.91. The van der Waals surface area contributed by atoms with Crippen molar-refractivity contribution in [3.63, 3.8) is 0 Å². The zero-order valence-electron chi connectivity index (χ0n) is 15.4. The van der Waals surface area contributed by atoms with Crippen LogP contribution in [0.25, 0.3) is 0 Å². The first-order valence-corrected chi connectivity index (χ1v) is 9.69. The molecule has 0 spiro atoms. The topological polar surface area (TPSA) is 50.8 Å². The largest absolute Gasteiger partial charge is 0.493 e. The van der Waals surface area contributed by atoms with E-state index in [2.05, 4.69) is 26.1 Å². The van der Waals surface area contributed by atoms with Gasteiger partial charge in [-0.2, -0.15) is 0 Å². The number of hydrogen-bond donors (Lipinski definition) is 1. The van der Waals surface area contributed by atoms with Gasteiger partial charge >= 0.3 is 0 Å². The second-order valence-electron chi connectivity index (χ2n) is 6.20. The van der Waals surface area contributed by atoms with Crippen LogP contribution in [0.3, 0.4) is 0 Å². The maximum absolute atomic E-state index is 14.5. The van der Waals surface area contributed by atoms with Crippen LogP contribution in [0.2, 0.25) is 0 Å². The molecular formula is C20H22BrFN2O3. The molecule has 0 unspecified atom stereocenters. The summed E-state index contributed by atoms with van der Waals surface area (Å²) in [5, 5.41) is 2.73. The van der Waals surface area contributed by atoms with Crippen molar-refractivity contribution in [3.8, 4) is 11.5 Å². The summed E-state index contributed by atoms with van der Waals surface area (Å²) in [6, 6.07) is 8.07. The van der Waals surface area contributed by atoms with Crippen molar-refractivity contribution in [1.29, 1.82) is 0 Å². The maximum Gasteiger partial charge on any atom is 0.255 e. The molecule has 1 fully saturated rings. The smallest absolute Gasteiger partial charge is 0.255 e. The molecule has 1 heterocycles. The lowest BCUT2D eigenvalue weighted by molar-refractivity contribution is 0.102. The first-order chi connectivity index (χ1) is 13.0. The van der Waals surface area contributed by atoms with Crippen molar-refractivity contribution < 1.29 is 18.7 Å². The second-order valence-corrected chi connectivity index (χ2v) is 7.06. The molecule has 0 radical (unpaired) electrons. The Hall–Kier alpha value is -2.28. The molecule has 1 amide bonds. The highest BCUT2D eigenvalue weighted by molar-refractivity contribution is 9.10. The normalized spacial score (nSPS) is 13.6. The minimum absolute atomic E-state index is 0.202. The molecule has 2 aromatic rings. The van der Waals surface area contributed by atoms with Crippen LogP contribution in [0.4, 0.5) is 15.8 Å². The quantitative estimate of drug-likeness (QED) is 0.702. The molecule has 144 valence electrons. The van der Waals surface area contributed by atoms with E-state index >= 15 is 0 Å². The number of ether oxygens (including phenoxy) is 2. The van der Waals surface area contributed by atoms with Crippen LogP contribution in [0.5, 0.6) is 11.5 Å². The van der Waals surface area contributed by atoms with Crippen molar-refractivity contribution in [2.75, 3.05) is 37.0 Å². The minimum Gasteiger partial charge on any atom is -0.493 e. The van der Waals surface area contributed by atoms with Crippen molar-refractivity contribution in [3.05, 3.63) is 46.2 Å². The van der Waals surface area contributed by atoms with Gasteiger partial charge in [0.1, 0.15) is 11.5 Å². The number of anilines is 2. The number of halogens is 2. The predicted molar refractivity (Wildman–Crippen MR) is 108 cm³/mol. The molecule has 0 bridgehead atoms. The van der Waals surface area contributed by atoms with Gasteiger partial charge in [0.15, 0.2) is 11.5 Å². The van der Waals surface area contributed by atoms with E-state index in [9.17, 15) is 9.18 Å². The zero-order chi connectivity index (χ0) is 19.4. The van der Waals surface area contributed by atoms with Gasteiger partial charge in [-0.25, -0.2) is 4.39 Å². The summed E-state index contributed by atoms with van der Waals surface area (Å²) < 4.78 is 26.0. The van der Waals surface area contributed by atoms with Crippen LogP contribution in [0.1, 0.15) is 30.1 Å². The lowest BCUT2D eigenvalue weighted by Gasteiger charge is -2.22. The van der Waals surface area contributed by atoms with Gasteiger partial charge in [-0.1, -0.05) is 6.07 Å². The van der Waals surface area contributed by atoms with E-state index in [1.54, 1.807) is 18.2 Å². The number of para-hydroxylation sites is 1. The Morgan fingerprint density at radius 1 is 1.30 bits per heavy atom. The van der Waals surface area contributed by atoms with Crippen LogP contribution < -0.4 is 19.7 Å². The van der Waals surface area contributed by atoms with E-state index in [1.165, 1.54) is 13.2 Å². The van der Waals surface area contributed by atoms with Gasteiger partial charge in [-0.05, 0) is 60.0 Å². The second kappa shape index (κ2) is 8.61. The summed E-state index contributed by atoms with van der Waals surface area (Å²) >= 11 is 3.41. The third-order valence-electron chi connectivity index (χ3n) is 4.46. The summed E-state index contributed by atoms with van der Waals surface area (Å²) in [5.74, 6) is 0.0946. The standard InChI is InChI=1S/C20H22BrFN2O3/c1-3-27-19-14(21)11-13(12-17(19)26-2)20(25)23-18-15(22)7-6-8-16(18)24-9-4-5-10-24/h6-8,11-12H,3-5,9-10H2,1-2H3,(H,23,25). The fourth-order valence-corrected chi connectivity index (χ4v) is 3.74. The fourth-order valence-electron chi connectivity index (χ4n) is 3.18. The van der Waals surface area contributed by atoms with Crippen molar-refractivity contribution >= 4 is 33.2 Å². The maximum atomic E-state index is 14.5. The number of carbonyl (C=O) groups excluding carboxylic acids is 1. The Bertz CT molecular complexity index is 838. The van der Waals surface area contributed by atoms with Gasteiger partial charge in [0.05, 0.1) is 23.9 Å². The van der Waals surface area contributed by atoms with Gasteiger partial charge in [0.2, 0.25) is 0 Å². The number of nitrogens with zero attached hydrogens (tertiary/aromatic N) is 1. The highest BCUT2D eigenvalue weighted by Crippen LogP contribution is 2.37. The Labute approximate surface area is 166 Å². The van der Waals surface area contributed by atoms with Crippen molar-refractivity contribution in [2.24, 2.45) is 0 Å². The summed E-state index contributed by atoms with van der Waals surface area (Å²) in [5.41, 5.74) is 1.25. The van der Waals surface area contributed by atoms with E-state index < -0.39 is 11.7 Å². The van der Waals surface area contributed by atoms with Crippen molar-refractivity contribution in [1.82, 2.24) is 0 Å². The molecule has 0 aromatic heterocycles. The molecule has 7 heteroatoms. The number of benzene rings is 2. The van der Waals surface area contributed by atoms with Crippen LogP contribution >= 0.6 is 15.9 Å². The van der Waals surface area contributed by atoms with E-state index in [1.807, 2.05) is 13.0 Å². The summed E-state index contributed by atoms with van der Waals surface area (Å²) in [4.78, 5) is 14.9. The molecular weight excluding hydrogens is 415 g/mol. The van der Waals surface area contributed by atoms with Gasteiger partial charge in [0, 0.05) is 18.7 Å². The lowest BCUT2D eigenvalue weighted by Crippen LogP contribution is -2.22. The average molecular weight is 437 g/mol. The molecule has 0 atom stereocenters. The lowest BCUT2D eigenvalue weighted by atomic mass is 10.1. The molecule has 1 aliphatic heterocycles. The Kier molecular flexibility index (Phi) is 6.21. The molecule has 3 rings (SSSR count). The summed E-state index contributed by atoms with van der Waals surface area (Å²) in [7, 11) is 1.51. The van der Waals surface area contributed by atoms with Crippen LogP contribution in [0.15, 0.2) is 34.8 Å². The first-order valence-electron chi connectivity index (χ1n) is 8.90. The van der Waals surface area contributed by atoms with Crippen molar-refractivity contribution in [2.45, 2.75) is 19.8 Å². The molecule has 0 saturated carbocycles. The van der Waals surface area contributed by atoms with Gasteiger partial charge < -0.3 is 19.7 Å². The number of nitrogens with one attached hydrogen (secondary N) is 1. The highest BCUT2D eigenvalue weighted by Gasteiger charge is 2.21. The van der Waals surface area contributed by atoms with E-state index in [0.717, 1.165) is 25.9 Å². The van der Waals surface area contributed by atoms with E-state index in [0.29, 0.717) is 33.8 Å². The SMILES string of the molecule is CCOc1c(Br)cc(C(=O)Nc2c(F)cccc2N2CCCC2)cc1OC. The van der Waals surface area contributed by atoms with E-state index in [-0.39, 0.29) is 5.69 Å². The van der Waals surface area contributed by atoms with Gasteiger partial charge in [-0.15, -0.1) is 0 Å². The molecule has 1 aliphatic rings. The van der Waals surface area contributed by atoms with E-state index in [4.69, 9.17) is 9.47 Å². The number of carbonyl (C=O) groups is 1. The molecule has 1 N–H and O–H groups in total. The zero-order valence-corrected chi connectivity index (χ0v) is 16.9. The average Bonchev–Trinajstić information content (AvgIpc) is 3.19. The highest BCUT2D eigenvalue weighted by atomic mass is 79.9. The first kappa shape index (κ1) is 19.5. The van der Waals surface area contributed by atoms with Gasteiger partial charge in [0.25, 0.3) is 5.91 Å². The summed E-state index contributed by atoms with van der Waals surface area (Å²) in [6.07, 6.45) is 2.12. The van der Waals surface area contributed by atoms with Crippen LogP contribution in [-0.4, -0.2) is 32.7 Å². The Morgan fingerprint density at radius 2 is 2.04 bits per heavy atom. The fraction of sp³-hybridized carbons (Fsp3) is 0.350. The third-order valence-corrected chi connectivity index (χ3v) is 5.05. The number of methoxy groups -OCH3 is 1.